The minimum absolute atomic E-state index is 0.00174. The van der Waals surface area contributed by atoms with Crippen LogP contribution in [0.1, 0.15) is 48.4 Å². The third-order valence-corrected chi connectivity index (χ3v) is 4.31. The van der Waals surface area contributed by atoms with Gasteiger partial charge < -0.3 is 15.4 Å². The molecule has 2 aromatic rings. The molecule has 0 atom stereocenters. The quantitative estimate of drug-likeness (QED) is 0.533. The van der Waals surface area contributed by atoms with E-state index in [1.54, 1.807) is 42.5 Å². The average Bonchev–Trinajstić information content (AvgIpc) is 2.62. The first-order valence-electron chi connectivity index (χ1n) is 9.15. The van der Waals surface area contributed by atoms with E-state index in [-0.39, 0.29) is 23.2 Å². The maximum absolute atomic E-state index is 12.7. The Hall–Kier alpha value is -2.45. The number of ether oxygens (including phenoxy) is 1. The van der Waals surface area contributed by atoms with Crippen LogP contribution in [0.3, 0.4) is 0 Å². The summed E-state index contributed by atoms with van der Waals surface area (Å²) in [5.41, 5.74) is 1.29. The van der Waals surface area contributed by atoms with Crippen molar-refractivity contribution in [3.05, 3.63) is 58.1 Å². The Morgan fingerprint density at radius 1 is 1.00 bits per heavy atom. The van der Waals surface area contributed by atoms with Gasteiger partial charge in [0.1, 0.15) is 5.75 Å². The van der Waals surface area contributed by atoms with Gasteiger partial charge in [-0.05, 0) is 70.2 Å². The minimum Gasteiger partial charge on any atom is -0.490 e. The fourth-order valence-corrected chi connectivity index (χ4v) is 3.05. The third kappa shape index (κ3) is 6.83. The molecule has 0 heterocycles. The number of benzene rings is 2. The highest BCUT2D eigenvalue weighted by Crippen LogP contribution is 2.24. The first-order valence-corrected chi connectivity index (χ1v) is 10.4. The van der Waals surface area contributed by atoms with Crippen LogP contribution in [0.25, 0.3) is 0 Å². The van der Waals surface area contributed by atoms with Crippen molar-refractivity contribution in [2.24, 2.45) is 0 Å². The summed E-state index contributed by atoms with van der Waals surface area (Å²) in [6.45, 7) is 7.53. The number of carbonyl (C=O) groups is 2. The average molecular weight is 478 g/mol. The van der Waals surface area contributed by atoms with Crippen molar-refractivity contribution < 1.29 is 14.3 Å². The largest absolute Gasteiger partial charge is 0.490 e. The minimum atomic E-state index is -0.413. The van der Waals surface area contributed by atoms with Crippen molar-refractivity contribution in [3.63, 3.8) is 0 Å². The van der Waals surface area contributed by atoms with Gasteiger partial charge in [-0.3, -0.25) is 14.9 Å². The summed E-state index contributed by atoms with van der Waals surface area (Å²) in [6, 6.07) is 12.1. The Balaban J connectivity index is 2.16. The second kappa shape index (κ2) is 10.4. The van der Waals surface area contributed by atoms with Gasteiger partial charge in [0.2, 0.25) is 0 Å². The molecule has 0 spiro atoms. The highest BCUT2D eigenvalue weighted by atomic mass is 79.9. The molecule has 0 aliphatic heterocycles. The van der Waals surface area contributed by atoms with Crippen LogP contribution in [0.4, 0.5) is 5.69 Å². The van der Waals surface area contributed by atoms with Crippen LogP contribution in [0, 0.1) is 0 Å². The predicted octanol–water partition coefficient (Wildman–Crippen LogP) is 4.50. The van der Waals surface area contributed by atoms with Crippen molar-refractivity contribution in [2.75, 3.05) is 5.32 Å². The third-order valence-electron chi connectivity index (χ3n) is 3.62. The van der Waals surface area contributed by atoms with Crippen LogP contribution in [0.2, 0.25) is 0 Å². The first-order chi connectivity index (χ1) is 13.7. The second-order valence-electron chi connectivity index (χ2n) is 6.89. The van der Waals surface area contributed by atoms with Crippen LogP contribution < -0.4 is 20.7 Å². The van der Waals surface area contributed by atoms with Gasteiger partial charge in [-0.25, -0.2) is 0 Å². The molecule has 0 aliphatic rings. The van der Waals surface area contributed by atoms with Gasteiger partial charge in [0.15, 0.2) is 5.11 Å². The van der Waals surface area contributed by atoms with Gasteiger partial charge in [-0.1, -0.05) is 28.1 Å². The Morgan fingerprint density at radius 3 is 2.34 bits per heavy atom. The zero-order valence-electron chi connectivity index (χ0n) is 16.7. The van der Waals surface area contributed by atoms with Crippen molar-refractivity contribution >= 4 is 50.8 Å². The fourth-order valence-electron chi connectivity index (χ4n) is 2.49. The molecule has 2 aromatic carbocycles. The van der Waals surface area contributed by atoms with Crippen LogP contribution in [0.15, 0.2) is 46.9 Å². The summed E-state index contributed by atoms with van der Waals surface area (Å²) in [7, 11) is 0. The Morgan fingerprint density at radius 2 is 1.69 bits per heavy atom. The summed E-state index contributed by atoms with van der Waals surface area (Å²) in [5, 5.41) is 8.49. The highest BCUT2D eigenvalue weighted by molar-refractivity contribution is 9.10. The zero-order chi connectivity index (χ0) is 21.6. The molecule has 0 radical (unpaired) electrons. The molecule has 154 valence electrons. The fraction of sp³-hybridized carbons (Fsp3) is 0.286. The molecule has 2 rings (SSSR count). The van der Waals surface area contributed by atoms with Gasteiger partial charge >= 0.3 is 0 Å². The molecule has 0 aromatic heterocycles. The second-order valence-corrected chi connectivity index (χ2v) is 8.21. The Kier molecular flexibility index (Phi) is 8.16. The van der Waals surface area contributed by atoms with Crippen molar-refractivity contribution in [1.82, 2.24) is 10.6 Å². The van der Waals surface area contributed by atoms with Crippen LogP contribution in [0.5, 0.6) is 5.75 Å². The monoisotopic (exact) mass is 477 g/mol. The topological polar surface area (TPSA) is 79.5 Å². The van der Waals surface area contributed by atoms with Crippen LogP contribution in [-0.2, 0) is 0 Å². The number of hydrogen-bond acceptors (Lipinski definition) is 4. The SMILES string of the molecule is CC(C)NC(=O)c1ccccc1NC(=S)NC(=O)c1cc(Br)ccc1OC(C)C. The number of amides is 2. The molecule has 3 N–H and O–H groups in total. The summed E-state index contributed by atoms with van der Waals surface area (Å²) in [4.78, 5) is 25.1. The maximum atomic E-state index is 12.7. The number of halogens is 1. The van der Waals surface area contributed by atoms with Crippen LogP contribution in [-0.4, -0.2) is 29.1 Å². The van der Waals surface area contributed by atoms with Crippen molar-refractivity contribution in [3.8, 4) is 5.75 Å². The molecule has 0 fully saturated rings. The number of hydrogen-bond donors (Lipinski definition) is 3. The highest BCUT2D eigenvalue weighted by Gasteiger charge is 2.17. The van der Waals surface area contributed by atoms with Gasteiger partial charge in [-0.2, -0.15) is 0 Å². The van der Waals surface area contributed by atoms with Gasteiger partial charge in [0, 0.05) is 10.5 Å². The molecule has 0 bridgehead atoms. The number of thiocarbonyl (C=S) groups is 1. The Bertz CT molecular complexity index is 916. The van der Waals surface area contributed by atoms with Crippen LogP contribution >= 0.6 is 28.1 Å². The van der Waals surface area contributed by atoms with Gasteiger partial charge in [0.25, 0.3) is 11.8 Å². The maximum Gasteiger partial charge on any atom is 0.261 e. The summed E-state index contributed by atoms with van der Waals surface area (Å²) in [6.07, 6.45) is -0.0841. The standard InChI is InChI=1S/C21H24BrN3O3S/c1-12(2)23-19(26)15-7-5-6-8-17(15)24-21(29)25-20(27)16-11-14(22)9-10-18(16)28-13(3)4/h5-13H,1-4H3,(H,23,26)(H2,24,25,27,29). The molecule has 2 amide bonds. The molecule has 0 saturated heterocycles. The van der Waals surface area contributed by atoms with E-state index in [1.807, 2.05) is 27.7 Å². The van der Waals surface area contributed by atoms with Gasteiger partial charge in [0.05, 0.1) is 22.9 Å². The van der Waals surface area contributed by atoms with E-state index in [0.29, 0.717) is 22.6 Å². The van der Waals surface area contributed by atoms with E-state index in [1.165, 1.54) is 0 Å². The van der Waals surface area contributed by atoms with E-state index in [9.17, 15) is 9.59 Å². The van der Waals surface area contributed by atoms with Crippen molar-refractivity contribution in [2.45, 2.75) is 39.8 Å². The molecule has 0 aliphatic carbocycles. The lowest BCUT2D eigenvalue weighted by molar-refractivity contribution is 0.0942. The lowest BCUT2D eigenvalue weighted by Crippen LogP contribution is -2.36. The summed E-state index contributed by atoms with van der Waals surface area (Å²) < 4.78 is 6.45. The molecule has 8 heteroatoms. The van der Waals surface area contributed by atoms with Gasteiger partial charge in [-0.15, -0.1) is 0 Å². The van der Waals surface area contributed by atoms with E-state index in [2.05, 4.69) is 31.9 Å². The molecular weight excluding hydrogens is 454 g/mol. The number of para-hydroxylation sites is 1. The number of anilines is 1. The first kappa shape index (κ1) is 22.8. The zero-order valence-corrected chi connectivity index (χ0v) is 19.1. The number of nitrogens with one attached hydrogen (secondary N) is 3. The summed E-state index contributed by atoms with van der Waals surface area (Å²) in [5.74, 6) is -0.180. The lowest BCUT2D eigenvalue weighted by atomic mass is 10.1. The number of carbonyl (C=O) groups excluding carboxylic acids is 2. The Labute approximate surface area is 184 Å². The molecule has 0 saturated carbocycles. The van der Waals surface area contributed by atoms with E-state index in [4.69, 9.17) is 17.0 Å². The normalized spacial score (nSPS) is 10.6. The molecule has 6 nitrogen and oxygen atoms in total. The molecule has 0 unspecified atom stereocenters. The van der Waals surface area contributed by atoms with Crippen molar-refractivity contribution in [1.29, 1.82) is 0 Å². The smallest absolute Gasteiger partial charge is 0.261 e. The van der Waals surface area contributed by atoms with E-state index in [0.717, 1.165) is 4.47 Å². The van der Waals surface area contributed by atoms with E-state index < -0.39 is 5.91 Å². The summed E-state index contributed by atoms with van der Waals surface area (Å²) >= 11 is 8.65. The molecule has 29 heavy (non-hydrogen) atoms. The predicted molar refractivity (Wildman–Crippen MR) is 123 cm³/mol. The number of rotatable bonds is 6. The van der Waals surface area contributed by atoms with E-state index >= 15 is 0 Å². The molecular formula is C21H24BrN3O3S. The lowest BCUT2D eigenvalue weighted by Gasteiger charge is -2.16.